The molecule has 0 heterocycles. The second-order valence-corrected chi connectivity index (χ2v) is 4.76. The third kappa shape index (κ3) is 2.94. The van der Waals surface area contributed by atoms with Gasteiger partial charge < -0.3 is 9.47 Å². The van der Waals surface area contributed by atoms with Gasteiger partial charge in [0.15, 0.2) is 5.78 Å². The molecule has 0 N–H and O–H groups in total. The minimum atomic E-state index is -0.0511. The quantitative estimate of drug-likeness (QED) is 0.791. The number of benzene rings is 2. The molecule has 3 nitrogen and oxygen atoms in total. The summed E-state index contributed by atoms with van der Waals surface area (Å²) in [5, 5.41) is 0.441. The van der Waals surface area contributed by atoms with Crippen LogP contribution in [0.1, 0.15) is 17.3 Å². The van der Waals surface area contributed by atoms with Crippen LogP contribution in [0.3, 0.4) is 0 Å². The van der Waals surface area contributed by atoms with Gasteiger partial charge in [0.1, 0.15) is 11.5 Å². The Labute approximate surface area is 123 Å². The fourth-order valence-corrected chi connectivity index (χ4v) is 2.27. The molecule has 0 aliphatic heterocycles. The summed E-state index contributed by atoms with van der Waals surface area (Å²) in [5.74, 6) is 1.35. The molecule has 0 aromatic heterocycles. The van der Waals surface area contributed by atoms with E-state index in [1.165, 1.54) is 6.92 Å². The number of Topliss-reactive ketones (excluding diaryl/α,β-unsaturated/α-hetero) is 1. The zero-order chi connectivity index (χ0) is 14.7. The van der Waals surface area contributed by atoms with Gasteiger partial charge in [0, 0.05) is 11.6 Å². The number of rotatable bonds is 4. The van der Waals surface area contributed by atoms with E-state index in [-0.39, 0.29) is 5.78 Å². The Morgan fingerprint density at radius 1 is 0.950 bits per heavy atom. The number of hydrogen-bond donors (Lipinski definition) is 0. The Balaban J connectivity index is 2.51. The molecule has 0 radical (unpaired) electrons. The monoisotopic (exact) mass is 290 g/mol. The Morgan fingerprint density at radius 2 is 1.55 bits per heavy atom. The zero-order valence-electron chi connectivity index (χ0n) is 11.6. The van der Waals surface area contributed by atoms with Gasteiger partial charge in [-0.05, 0) is 42.3 Å². The largest absolute Gasteiger partial charge is 0.497 e. The summed E-state index contributed by atoms with van der Waals surface area (Å²) in [6.45, 7) is 1.50. The molecular formula is C16H15ClO3. The number of halogens is 1. The molecule has 0 bridgehead atoms. The molecule has 0 aliphatic rings. The van der Waals surface area contributed by atoms with Gasteiger partial charge in [-0.3, -0.25) is 4.79 Å². The molecule has 0 atom stereocenters. The lowest BCUT2D eigenvalue weighted by Crippen LogP contribution is -1.94. The molecule has 0 aliphatic carbocycles. The van der Waals surface area contributed by atoms with Crippen LogP contribution in [0.5, 0.6) is 11.5 Å². The van der Waals surface area contributed by atoms with Crippen LogP contribution in [0, 0.1) is 0 Å². The van der Waals surface area contributed by atoms with Crippen LogP contribution >= 0.6 is 11.6 Å². The first-order chi connectivity index (χ1) is 9.55. The van der Waals surface area contributed by atoms with Gasteiger partial charge in [-0.1, -0.05) is 17.7 Å². The number of carbonyl (C=O) groups excluding carboxylic acids is 1. The van der Waals surface area contributed by atoms with Gasteiger partial charge in [-0.2, -0.15) is 0 Å². The minimum Gasteiger partial charge on any atom is -0.497 e. The van der Waals surface area contributed by atoms with E-state index >= 15 is 0 Å². The number of methoxy groups -OCH3 is 2. The van der Waals surface area contributed by atoms with E-state index in [4.69, 9.17) is 21.1 Å². The fraction of sp³-hybridized carbons (Fsp3) is 0.188. The molecule has 2 aromatic carbocycles. The maximum Gasteiger partial charge on any atom is 0.161 e. The van der Waals surface area contributed by atoms with Crippen molar-refractivity contribution < 1.29 is 14.3 Å². The van der Waals surface area contributed by atoms with Crippen molar-refractivity contribution in [1.29, 1.82) is 0 Å². The van der Waals surface area contributed by atoms with Crippen LogP contribution < -0.4 is 9.47 Å². The standard InChI is InChI=1S/C16H15ClO3/c1-10(18)15-5-4-11(8-16(15)17)12-6-13(19-2)9-14(7-12)20-3/h4-9H,1-3H3. The second-order valence-electron chi connectivity index (χ2n) is 4.35. The maximum absolute atomic E-state index is 11.4. The molecule has 0 fully saturated rings. The molecule has 0 amide bonds. The van der Waals surface area contributed by atoms with Crippen molar-refractivity contribution in [2.45, 2.75) is 6.92 Å². The van der Waals surface area contributed by atoms with E-state index < -0.39 is 0 Å². The van der Waals surface area contributed by atoms with Crippen LogP contribution in [0.4, 0.5) is 0 Å². The van der Waals surface area contributed by atoms with Crippen molar-refractivity contribution in [3.8, 4) is 22.6 Å². The predicted molar refractivity (Wildman–Crippen MR) is 80.0 cm³/mol. The molecule has 0 saturated carbocycles. The first-order valence-electron chi connectivity index (χ1n) is 6.09. The highest BCUT2D eigenvalue weighted by Gasteiger charge is 2.09. The van der Waals surface area contributed by atoms with Crippen LogP contribution in [-0.4, -0.2) is 20.0 Å². The number of ether oxygens (including phenoxy) is 2. The molecule has 4 heteroatoms. The lowest BCUT2D eigenvalue weighted by Gasteiger charge is -2.10. The van der Waals surface area contributed by atoms with E-state index in [0.717, 1.165) is 11.1 Å². The summed E-state index contributed by atoms with van der Waals surface area (Å²) in [7, 11) is 3.20. The fourth-order valence-electron chi connectivity index (χ4n) is 1.95. The van der Waals surface area contributed by atoms with Crippen molar-refractivity contribution in [1.82, 2.24) is 0 Å². The highest BCUT2D eigenvalue weighted by molar-refractivity contribution is 6.34. The number of ketones is 1. The summed E-state index contributed by atoms with van der Waals surface area (Å²) in [5.41, 5.74) is 2.33. The Kier molecular flexibility index (Phi) is 4.30. The highest BCUT2D eigenvalue weighted by atomic mass is 35.5. The molecule has 0 unspecified atom stereocenters. The van der Waals surface area contributed by atoms with Gasteiger partial charge in [-0.25, -0.2) is 0 Å². The molecule has 2 aromatic rings. The summed E-state index contributed by atoms with van der Waals surface area (Å²) in [6, 6.07) is 10.9. The maximum atomic E-state index is 11.4. The highest BCUT2D eigenvalue weighted by Crippen LogP contribution is 2.32. The molecule has 0 spiro atoms. The van der Waals surface area contributed by atoms with Crippen molar-refractivity contribution in [2.24, 2.45) is 0 Å². The molecule has 0 saturated heterocycles. The van der Waals surface area contributed by atoms with Crippen LogP contribution in [0.2, 0.25) is 5.02 Å². The summed E-state index contributed by atoms with van der Waals surface area (Å²) in [4.78, 5) is 11.4. The van der Waals surface area contributed by atoms with Gasteiger partial charge in [0.25, 0.3) is 0 Å². The van der Waals surface area contributed by atoms with Gasteiger partial charge in [0.2, 0.25) is 0 Å². The summed E-state index contributed by atoms with van der Waals surface area (Å²) >= 11 is 6.14. The van der Waals surface area contributed by atoms with Gasteiger partial charge in [0.05, 0.1) is 19.2 Å². The van der Waals surface area contributed by atoms with Crippen molar-refractivity contribution in [2.75, 3.05) is 14.2 Å². The van der Waals surface area contributed by atoms with E-state index in [1.54, 1.807) is 32.4 Å². The van der Waals surface area contributed by atoms with Crippen LogP contribution in [0.25, 0.3) is 11.1 Å². The third-order valence-electron chi connectivity index (χ3n) is 3.03. The first kappa shape index (κ1) is 14.4. The SMILES string of the molecule is COc1cc(OC)cc(-c2ccc(C(C)=O)c(Cl)c2)c1. The van der Waals surface area contributed by atoms with Crippen molar-refractivity contribution in [3.63, 3.8) is 0 Å². The average molecular weight is 291 g/mol. The van der Waals surface area contributed by atoms with Crippen molar-refractivity contribution in [3.05, 3.63) is 47.0 Å². The van der Waals surface area contributed by atoms with E-state index in [9.17, 15) is 4.79 Å². The molecule has 104 valence electrons. The van der Waals surface area contributed by atoms with Crippen LogP contribution in [-0.2, 0) is 0 Å². The molecule has 20 heavy (non-hydrogen) atoms. The predicted octanol–water partition coefficient (Wildman–Crippen LogP) is 4.23. The Bertz CT molecular complexity index is 628. The normalized spacial score (nSPS) is 10.2. The Morgan fingerprint density at radius 3 is 2.00 bits per heavy atom. The lowest BCUT2D eigenvalue weighted by atomic mass is 10.0. The summed E-state index contributed by atoms with van der Waals surface area (Å²) < 4.78 is 10.5. The van der Waals surface area contributed by atoms with E-state index in [2.05, 4.69) is 0 Å². The molecule has 2 rings (SSSR count). The third-order valence-corrected chi connectivity index (χ3v) is 3.35. The van der Waals surface area contributed by atoms with E-state index in [0.29, 0.717) is 22.1 Å². The van der Waals surface area contributed by atoms with Crippen LogP contribution in [0.15, 0.2) is 36.4 Å². The Hall–Kier alpha value is -2.00. The van der Waals surface area contributed by atoms with E-state index in [1.807, 2.05) is 18.2 Å². The lowest BCUT2D eigenvalue weighted by molar-refractivity contribution is 0.101. The smallest absolute Gasteiger partial charge is 0.161 e. The zero-order valence-corrected chi connectivity index (χ0v) is 12.3. The van der Waals surface area contributed by atoms with Crippen molar-refractivity contribution >= 4 is 17.4 Å². The first-order valence-corrected chi connectivity index (χ1v) is 6.47. The number of hydrogen-bond acceptors (Lipinski definition) is 3. The second kappa shape index (κ2) is 5.97. The van der Waals surface area contributed by atoms with Gasteiger partial charge >= 0.3 is 0 Å². The topological polar surface area (TPSA) is 35.5 Å². The average Bonchev–Trinajstić information content (AvgIpc) is 2.46. The molecular weight excluding hydrogens is 276 g/mol. The van der Waals surface area contributed by atoms with Gasteiger partial charge in [-0.15, -0.1) is 0 Å². The number of carbonyl (C=O) groups is 1. The summed E-state index contributed by atoms with van der Waals surface area (Å²) in [6.07, 6.45) is 0. The minimum absolute atomic E-state index is 0.0511.